The van der Waals surface area contributed by atoms with Crippen LogP contribution in [0, 0.1) is 6.92 Å². The van der Waals surface area contributed by atoms with Gasteiger partial charge in [0.15, 0.2) is 0 Å². The first-order chi connectivity index (χ1) is 11.0. The molecule has 0 fully saturated rings. The molecule has 0 bridgehead atoms. The highest BCUT2D eigenvalue weighted by atomic mass is 16.1. The van der Waals surface area contributed by atoms with Crippen LogP contribution in [0.25, 0.3) is 0 Å². The van der Waals surface area contributed by atoms with Gasteiger partial charge >= 0.3 is 0 Å². The number of benzene rings is 2. The van der Waals surface area contributed by atoms with E-state index < -0.39 is 0 Å². The van der Waals surface area contributed by atoms with Gasteiger partial charge in [-0.1, -0.05) is 48.9 Å². The molecule has 3 nitrogen and oxygen atoms in total. The van der Waals surface area contributed by atoms with Gasteiger partial charge in [-0.05, 0) is 43.5 Å². The van der Waals surface area contributed by atoms with Crippen LogP contribution < -0.4 is 10.6 Å². The molecule has 0 aliphatic carbocycles. The Kier molecular flexibility index (Phi) is 5.94. The van der Waals surface area contributed by atoms with Crippen LogP contribution in [-0.2, 0) is 4.79 Å². The molecule has 0 saturated carbocycles. The van der Waals surface area contributed by atoms with E-state index in [0.29, 0.717) is 6.04 Å². The summed E-state index contributed by atoms with van der Waals surface area (Å²) in [4.78, 5) is 11.2. The molecule has 2 aromatic rings. The molecule has 0 radical (unpaired) electrons. The second-order valence-corrected chi connectivity index (χ2v) is 6.07. The van der Waals surface area contributed by atoms with Gasteiger partial charge in [-0.15, -0.1) is 0 Å². The molecule has 0 heterocycles. The number of carbonyl (C=O) groups excluding carboxylic acids is 1. The molecule has 2 aromatic carbocycles. The summed E-state index contributed by atoms with van der Waals surface area (Å²) < 4.78 is 0. The monoisotopic (exact) mass is 310 g/mol. The molecule has 0 aliphatic rings. The van der Waals surface area contributed by atoms with Crippen molar-refractivity contribution in [2.75, 3.05) is 5.32 Å². The molecule has 1 amide bonds. The van der Waals surface area contributed by atoms with E-state index in [1.54, 1.807) is 0 Å². The summed E-state index contributed by atoms with van der Waals surface area (Å²) in [7, 11) is 0. The van der Waals surface area contributed by atoms with E-state index in [2.05, 4.69) is 61.7 Å². The Labute approximate surface area is 139 Å². The molecule has 2 N–H and O–H groups in total. The Bertz CT molecular complexity index is 649. The van der Waals surface area contributed by atoms with E-state index in [1.807, 2.05) is 18.2 Å². The zero-order valence-electron chi connectivity index (χ0n) is 14.4. The molecule has 122 valence electrons. The predicted octanol–water partition coefficient (Wildman–Crippen LogP) is 4.76. The summed E-state index contributed by atoms with van der Waals surface area (Å²) >= 11 is 0. The van der Waals surface area contributed by atoms with Crippen molar-refractivity contribution in [1.29, 1.82) is 0 Å². The highest BCUT2D eigenvalue weighted by Gasteiger charge is 2.14. The fourth-order valence-corrected chi connectivity index (χ4v) is 2.74. The molecule has 0 spiro atoms. The summed E-state index contributed by atoms with van der Waals surface area (Å²) in [5.74, 6) is -0.0474. The minimum absolute atomic E-state index is 0.0474. The van der Waals surface area contributed by atoms with Crippen LogP contribution in [-0.4, -0.2) is 5.91 Å². The predicted molar refractivity (Wildman–Crippen MR) is 96.5 cm³/mol. The summed E-state index contributed by atoms with van der Waals surface area (Å²) in [5.41, 5.74) is 4.59. The Morgan fingerprint density at radius 3 is 2.39 bits per heavy atom. The van der Waals surface area contributed by atoms with Gasteiger partial charge in [0.25, 0.3) is 0 Å². The summed E-state index contributed by atoms with van der Waals surface area (Å²) in [6.07, 6.45) is 1.03. The molecule has 0 saturated heterocycles. The van der Waals surface area contributed by atoms with Gasteiger partial charge in [0.1, 0.15) is 0 Å². The van der Waals surface area contributed by atoms with E-state index in [0.717, 1.165) is 12.1 Å². The molecule has 0 aromatic heterocycles. The smallest absolute Gasteiger partial charge is 0.221 e. The zero-order valence-corrected chi connectivity index (χ0v) is 14.4. The van der Waals surface area contributed by atoms with E-state index in [-0.39, 0.29) is 11.9 Å². The third-order valence-electron chi connectivity index (χ3n) is 4.05. The van der Waals surface area contributed by atoms with E-state index in [9.17, 15) is 4.79 Å². The lowest BCUT2D eigenvalue weighted by atomic mass is 10.00. The van der Waals surface area contributed by atoms with Gasteiger partial charge in [0, 0.05) is 24.7 Å². The summed E-state index contributed by atoms with van der Waals surface area (Å²) in [6.45, 7) is 7.98. The quantitative estimate of drug-likeness (QED) is 0.808. The first kappa shape index (κ1) is 17.2. The Morgan fingerprint density at radius 1 is 1.09 bits per heavy atom. The Hall–Kier alpha value is -2.13. The number of amides is 1. The number of anilines is 1. The highest BCUT2D eigenvalue weighted by Crippen LogP contribution is 2.24. The Balaban J connectivity index is 2.11. The largest absolute Gasteiger partial charge is 0.326 e. The summed E-state index contributed by atoms with van der Waals surface area (Å²) in [6, 6.07) is 17.2. The SMILES string of the molecule is CCC(NC(C)c1cccc(NC(C)=O)c1)c1ccc(C)cc1. The van der Waals surface area contributed by atoms with Crippen molar-refractivity contribution < 1.29 is 4.79 Å². The van der Waals surface area contributed by atoms with Gasteiger partial charge in [0.05, 0.1) is 0 Å². The van der Waals surface area contributed by atoms with Crippen molar-refractivity contribution in [2.24, 2.45) is 0 Å². The fraction of sp³-hybridized carbons (Fsp3) is 0.350. The van der Waals surface area contributed by atoms with Gasteiger partial charge in [0.2, 0.25) is 5.91 Å². The van der Waals surface area contributed by atoms with Crippen LogP contribution in [0.2, 0.25) is 0 Å². The molecule has 2 unspecified atom stereocenters. The maximum Gasteiger partial charge on any atom is 0.221 e. The van der Waals surface area contributed by atoms with Crippen molar-refractivity contribution in [2.45, 2.75) is 46.2 Å². The van der Waals surface area contributed by atoms with E-state index >= 15 is 0 Å². The van der Waals surface area contributed by atoms with Crippen LogP contribution in [0.3, 0.4) is 0 Å². The molecule has 2 atom stereocenters. The Morgan fingerprint density at radius 2 is 1.78 bits per heavy atom. The lowest BCUT2D eigenvalue weighted by Gasteiger charge is -2.23. The lowest BCUT2D eigenvalue weighted by molar-refractivity contribution is -0.114. The molecular formula is C20H26N2O. The van der Waals surface area contributed by atoms with Crippen LogP contribution in [0.1, 0.15) is 56.0 Å². The van der Waals surface area contributed by atoms with Crippen LogP contribution in [0.15, 0.2) is 48.5 Å². The molecular weight excluding hydrogens is 284 g/mol. The topological polar surface area (TPSA) is 41.1 Å². The van der Waals surface area contributed by atoms with E-state index in [1.165, 1.54) is 23.6 Å². The third-order valence-corrected chi connectivity index (χ3v) is 4.05. The first-order valence-corrected chi connectivity index (χ1v) is 8.19. The fourth-order valence-electron chi connectivity index (χ4n) is 2.74. The number of aryl methyl sites for hydroxylation is 1. The van der Waals surface area contributed by atoms with Crippen LogP contribution >= 0.6 is 0 Å². The second-order valence-electron chi connectivity index (χ2n) is 6.07. The first-order valence-electron chi connectivity index (χ1n) is 8.19. The van der Waals surface area contributed by atoms with Gasteiger partial charge in [-0.3, -0.25) is 4.79 Å². The molecule has 0 aliphatic heterocycles. The van der Waals surface area contributed by atoms with Crippen molar-refractivity contribution in [1.82, 2.24) is 5.32 Å². The van der Waals surface area contributed by atoms with Crippen molar-refractivity contribution in [3.63, 3.8) is 0 Å². The number of hydrogen-bond acceptors (Lipinski definition) is 2. The van der Waals surface area contributed by atoms with Crippen molar-refractivity contribution in [3.8, 4) is 0 Å². The minimum Gasteiger partial charge on any atom is -0.326 e. The number of nitrogens with one attached hydrogen (secondary N) is 2. The maximum absolute atomic E-state index is 11.2. The number of rotatable bonds is 6. The van der Waals surface area contributed by atoms with Gasteiger partial charge < -0.3 is 10.6 Å². The van der Waals surface area contributed by atoms with Crippen LogP contribution in [0.4, 0.5) is 5.69 Å². The summed E-state index contributed by atoms with van der Waals surface area (Å²) in [5, 5.41) is 6.53. The molecule has 3 heteroatoms. The average Bonchev–Trinajstić information content (AvgIpc) is 2.53. The highest BCUT2D eigenvalue weighted by molar-refractivity contribution is 5.88. The number of carbonyl (C=O) groups is 1. The van der Waals surface area contributed by atoms with Crippen molar-refractivity contribution in [3.05, 3.63) is 65.2 Å². The average molecular weight is 310 g/mol. The number of hydrogen-bond donors (Lipinski definition) is 2. The maximum atomic E-state index is 11.2. The minimum atomic E-state index is -0.0474. The lowest BCUT2D eigenvalue weighted by Crippen LogP contribution is -2.24. The normalized spacial score (nSPS) is 13.4. The van der Waals surface area contributed by atoms with Gasteiger partial charge in [-0.2, -0.15) is 0 Å². The zero-order chi connectivity index (χ0) is 16.8. The third kappa shape index (κ3) is 4.93. The van der Waals surface area contributed by atoms with Crippen molar-refractivity contribution >= 4 is 11.6 Å². The molecule has 23 heavy (non-hydrogen) atoms. The van der Waals surface area contributed by atoms with Crippen LogP contribution in [0.5, 0.6) is 0 Å². The molecule has 2 rings (SSSR count). The van der Waals surface area contributed by atoms with Gasteiger partial charge in [-0.25, -0.2) is 0 Å². The standard InChI is InChI=1S/C20H26N2O/c1-5-20(17-11-9-14(2)10-12-17)21-15(3)18-7-6-8-19(13-18)22-16(4)23/h6-13,15,20-21H,5H2,1-4H3,(H,22,23). The van der Waals surface area contributed by atoms with E-state index in [4.69, 9.17) is 0 Å². The second kappa shape index (κ2) is 7.93.